The molecule has 4 N–H and O–H groups in total. The number of nitrogens with one attached hydrogen (secondary N) is 3. The first-order chi connectivity index (χ1) is 15.2. The van der Waals surface area contributed by atoms with E-state index in [-0.39, 0.29) is 5.91 Å². The highest BCUT2D eigenvalue weighted by molar-refractivity contribution is 7.14. The number of hydrogen-bond acceptors (Lipinski definition) is 6. The second-order valence-corrected chi connectivity index (χ2v) is 7.99. The Morgan fingerprint density at radius 3 is 2.53 bits per heavy atom. The van der Waals surface area contributed by atoms with Crippen LogP contribution in [0, 0.1) is 0 Å². The van der Waals surface area contributed by atoms with Crippen LogP contribution in [0.25, 0.3) is 0 Å². The van der Waals surface area contributed by atoms with E-state index < -0.39 is 12.1 Å². The maximum Gasteiger partial charge on any atom is 0.490 e. The fourth-order valence-corrected chi connectivity index (χ4v) is 3.99. The van der Waals surface area contributed by atoms with Gasteiger partial charge in [0.25, 0.3) is 5.91 Å². The molecule has 4 rings (SSSR count). The van der Waals surface area contributed by atoms with Crippen LogP contribution in [0.4, 0.5) is 19.1 Å². The average molecular weight is 467 g/mol. The number of H-pyrrole nitrogens is 1. The SMILES string of the molecule is O=C(Nc1n[nH]c(Cc2ccccc2)n1)c1ccc(C2CCCN2)s1.O=C(O)C(F)(F)F. The Balaban J connectivity index is 0.000000360. The minimum Gasteiger partial charge on any atom is -0.475 e. The molecule has 0 saturated carbocycles. The predicted molar refractivity (Wildman–Crippen MR) is 112 cm³/mol. The van der Waals surface area contributed by atoms with Crippen molar-refractivity contribution in [1.82, 2.24) is 20.5 Å². The Morgan fingerprint density at radius 1 is 1.19 bits per heavy atom. The van der Waals surface area contributed by atoms with Crippen LogP contribution in [-0.4, -0.2) is 44.9 Å². The minimum absolute atomic E-state index is 0.167. The number of hydrogen-bond donors (Lipinski definition) is 4. The molecule has 1 unspecified atom stereocenters. The number of carbonyl (C=O) groups is 2. The summed E-state index contributed by atoms with van der Waals surface area (Å²) in [6, 6.07) is 14.3. The van der Waals surface area contributed by atoms with Gasteiger partial charge in [-0.25, -0.2) is 4.79 Å². The maximum absolute atomic E-state index is 12.4. The summed E-state index contributed by atoms with van der Waals surface area (Å²) in [5.74, 6) is -1.89. The standard InChI is InChI=1S/C18H19N5OS.C2HF3O2/c24-17(15-9-8-14(25-15)13-7-4-10-19-13)21-18-20-16(22-23-18)11-12-5-2-1-3-6-12;3-2(4,5)1(6)7/h1-3,5-6,8-9,13,19H,4,7,10-11H2,(H2,20,21,22,23,24);(H,6,7). The molecule has 3 heterocycles. The largest absolute Gasteiger partial charge is 0.490 e. The van der Waals surface area contributed by atoms with Crippen LogP contribution in [0.15, 0.2) is 42.5 Å². The summed E-state index contributed by atoms with van der Waals surface area (Å²) >= 11 is 1.53. The third-order valence-corrected chi connectivity index (χ3v) is 5.67. The number of rotatable bonds is 5. The lowest BCUT2D eigenvalue weighted by molar-refractivity contribution is -0.192. The molecule has 1 aliphatic heterocycles. The number of amides is 1. The van der Waals surface area contributed by atoms with E-state index in [1.165, 1.54) is 22.6 Å². The Bertz CT molecular complexity index is 1050. The van der Waals surface area contributed by atoms with Crippen LogP contribution >= 0.6 is 11.3 Å². The smallest absolute Gasteiger partial charge is 0.475 e. The first-order valence-electron chi connectivity index (χ1n) is 9.62. The summed E-state index contributed by atoms with van der Waals surface area (Å²) in [6.07, 6.45) is -2.11. The van der Waals surface area contributed by atoms with Gasteiger partial charge in [0, 0.05) is 17.3 Å². The van der Waals surface area contributed by atoms with Gasteiger partial charge < -0.3 is 10.4 Å². The highest BCUT2D eigenvalue weighted by Crippen LogP contribution is 2.29. The Labute approximate surface area is 184 Å². The molecule has 8 nitrogen and oxygen atoms in total. The summed E-state index contributed by atoms with van der Waals surface area (Å²) in [5.41, 5.74) is 1.14. The molecule has 2 aromatic heterocycles. The number of carbonyl (C=O) groups excluding carboxylic acids is 1. The van der Waals surface area contributed by atoms with Crippen molar-refractivity contribution in [2.45, 2.75) is 31.5 Å². The van der Waals surface area contributed by atoms with E-state index in [4.69, 9.17) is 9.90 Å². The van der Waals surface area contributed by atoms with Crippen molar-refractivity contribution in [2.24, 2.45) is 0 Å². The molecular formula is C20H20F3N5O3S. The van der Waals surface area contributed by atoms with E-state index >= 15 is 0 Å². The van der Waals surface area contributed by atoms with Gasteiger partial charge >= 0.3 is 12.1 Å². The molecule has 1 aromatic carbocycles. The van der Waals surface area contributed by atoms with Crippen molar-refractivity contribution in [3.05, 3.63) is 63.6 Å². The van der Waals surface area contributed by atoms with Gasteiger partial charge in [0.05, 0.1) is 4.88 Å². The Morgan fingerprint density at radius 2 is 1.91 bits per heavy atom. The lowest BCUT2D eigenvalue weighted by atomic mass is 10.1. The first-order valence-corrected chi connectivity index (χ1v) is 10.4. The van der Waals surface area contributed by atoms with Crippen LogP contribution in [-0.2, 0) is 11.2 Å². The van der Waals surface area contributed by atoms with Gasteiger partial charge in [0.15, 0.2) is 0 Å². The molecule has 32 heavy (non-hydrogen) atoms. The van der Waals surface area contributed by atoms with E-state index in [1.807, 2.05) is 42.5 Å². The number of aliphatic carboxylic acids is 1. The number of thiophene rings is 1. The summed E-state index contributed by atoms with van der Waals surface area (Å²) < 4.78 is 31.7. The molecular weight excluding hydrogens is 447 g/mol. The number of anilines is 1. The van der Waals surface area contributed by atoms with E-state index in [9.17, 15) is 18.0 Å². The zero-order valence-corrected chi connectivity index (χ0v) is 17.5. The number of nitrogens with zero attached hydrogens (tertiary/aromatic N) is 2. The number of aromatic nitrogens is 3. The fraction of sp³-hybridized carbons (Fsp3) is 0.300. The van der Waals surface area contributed by atoms with Crippen LogP contribution in [0.2, 0.25) is 0 Å². The van der Waals surface area contributed by atoms with Crippen LogP contribution in [0.3, 0.4) is 0 Å². The van der Waals surface area contributed by atoms with Gasteiger partial charge in [0.1, 0.15) is 5.82 Å². The molecule has 3 aromatic rings. The molecule has 1 amide bonds. The van der Waals surface area contributed by atoms with Gasteiger partial charge in [-0.1, -0.05) is 30.3 Å². The second-order valence-electron chi connectivity index (χ2n) is 6.88. The molecule has 170 valence electrons. The van der Waals surface area contributed by atoms with Gasteiger partial charge in [-0.05, 0) is 37.1 Å². The van der Waals surface area contributed by atoms with E-state index in [0.717, 1.165) is 24.4 Å². The van der Waals surface area contributed by atoms with Gasteiger partial charge in [-0.3, -0.25) is 15.2 Å². The lowest BCUT2D eigenvalue weighted by Crippen LogP contribution is -2.21. The average Bonchev–Trinajstić information content (AvgIpc) is 3.50. The van der Waals surface area contributed by atoms with Crippen LogP contribution in [0.1, 0.15) is 44.8 Å². The molecule has 1 fully saturated rings. The predicted octanol–water partition coefficient (Wildman–Crippen LogP) is 3.77. The summed E-state index contributed by atoms with van der Waals surface area (Å²) in [4.78, 5) is 27.5. The molecule has 1 aliphatic rings. The van der Waals surface area contributed by atoms with Crippen molar-refractivity contribution in [2.75, 3.05) is 11.9 Å². The molecule has 0 aliphatic carbocycles. The number of carboxylic acid groups (broad SMARTS) is 1. The van der Waals surface area contributed by atoms with E-state index in [1.54, 1.807) is 0 Å². The Kier molecular flexibility index (Phi) is 7.59. The quantitative estimate of drug-likeness (QED) is 0.454. The topological polar surface area (TPSA) is 120 Å². The van der Waals surface area contributed by atoms with Crippen molar-refractivity contribution in [3.63, 3.8) is 0 Å². The zero-order chi connectivity index (χ0) is 23.1. The van der Waals surface area contributed by atoms with E-state index in [2.05, 4.69) is 25.8 Å². The molecule has 0 spiro atoms. The number of alkyl halides is 3. The third-order valence-electron chi connectivity index (χ3n) is 4.47. The molecule has 0 bridgehead atoms. The fourth-order valence-electron chi connectivity index (χ4n) is 2.97. The molecule has 1 saturated heterocycles. The molecule has 12 heteroatoms. The van der Waals surface area contributed by atoms with Crippen molar-refractivity contribution < 1.29 is 27.9 Å². The van der Waals surface area contributed by atoms with Crippen molar-refractivity contribution >= 4 is 29.2 Å². The normalized spacial score (nSPS) is 15.7. The zero-order valence-electron chi connectivity index (χ0n) is 16.6. The second kappa shape index (κ2) is 10.4. The molecule has 0 radical (unpaired) electrons. The van der Waals surface area contributed by atoms with Crippen molar-refractivity contribution in [1.29, 1.82) is 0 Å². The Hall–Kier alpha value is -3.25. The van der Waals surface area contributed by atoms with Gasteiger partial charge in [0.2, 0.25) is 5.95 Å². The minimum atomic E-state index is -5.08. The maximum atomic E-state index is 12.4. The van der Waals surface area contributed by atoms with Gasteiger partial charge in [-0.15, -0.1) is 16.4 Å². The van der Waals surface area contributed by atoms with Crippen LogP contribution in [0.5, 0.6) is 0 Å². The summed E-state index contributed by atoms with van der Waals surface area (Å²) in [6.45, 7) is 1.05. The highest BCUT2D eigenvalue weighted by atomic mass is 32.1. The van der Waals surface area contributed by atoms with Crippen LogP contribution < -0.4 is 10.6 Å². The number of carboxylic acids is 1. The highest BCUT2D eigenvalue weighted by Gasteiger charge is 2.38. The lowest BCUT2D eigenvalue weighted by Gasteiger charge is -2.05. The summed E-state index contributed by atoms with van der Waals surface area (Å²) in [7, 11) is 0. The van der Waals surface area contributed by atoms with Gasteiger partial charge in [-0.2, -0.15) is 18.2 Å². The monoisotopic (exact) mass is 467 g/mol. The number of benzene rings is 1. The number of halogens is 3. The van der Waals surface area contributed by atoms with E-state index in [0.29, 0.717) is 23.3 Å². The third kappa shape index (κ3) is 6.62. The molecule has 1 atom stereocenters. The summed E-state index contributed by atoms with van der Waals surface area (Å²) in [5, 5.41) is 20.3. The first kappa shape index (κ1) is 23.4. The van der Waals surface area contributed by atoms with Crippen molar-refractivity contribution in [3.8, 4) is 0 Å². The number of aromatic amines is 1.